The third kappa shape index (κ3) is 3.87. The molecule has 0 atom stereocenters. The molecule has 2 aromatic heterocycles. The minimum atomic E-state index is -0.0694. The number of nitrogens with one attached hydrogen (secondary N) is 1. The van der Waals surface area contributed by atoms with Gasteiger partial charge in [-0.1, -0.05) is 13.8 Å². The topological polar surface area (TPSA) is 74.2 Å². The average molecular weight is 349 g/mol. The monoisotopic (exact) mass is 349 g/mol. The lowest BCUT2D eigenvalue weighted by Crippen LogP contribution is -2.49. The number of nitrogens with zero attached hydrogens (tertiary/aromatic N) is 4. The molecule has 3 rings (SSSR count). The van der Waals surface area contributed by atoms with E-state index < -0.39 is 0 Å². The van der Waals surface area contributed by atoms with Gasteiger partial charge in [-0.25, -0.2) is 4.98 Å². The largest absolute Gasteiger partial charge is 0.345 e. The van der Waals surface area contributed by atoms with Crippen molar-refractivity contribution >= 4 is 22.4 Å². The Morgan fingerprint density at radius 3 is 2.71 bits per heavy atom. The van der Waals surface area contributed by atoms with Crippen LogP contribution in [-0.2, 0) is 17.8 Å². The molecule has 3 heterocycles. The second-order valence-electron chi connectivity index (χ2n) is 6.48. The van der Waals surface area contributed by atoms with Gasteiger partial charge in [0.2, 0.25) is 5.91 Å². The highest BCUT2D eigenvalue weighted by Crippen LogP contribution is 2.19. The Kier molecular flexibility index (Phi) is 5.03. The maximum atomic E-state index is 12.5. The first-order valence-electron chi connectivity index (χ1n) is 8.24. The second kappa shape index (κ2) is 7.21. The van der Waals surface area contributed by atoms with E-state index in [0.29, 0.717) is 31.2 Å². The molecule has 0 unspecified atom stereocenters. The molecule has 1 N–H and O–H groups in total. The van der Waals surface area contributed by atoms with Crippen LogP contribution >= 0.6 is 11.3 Å². The quantitative estimate of drug-likeness (QED) is 0.880. The molecule has 1 aliphatic heterocycles. The number of carbonyl (C=O) groups excluding carboxylic acids is 1. The maximum Gasteiger partial charge on any atom is 0.266 e. The lowest BCUT2D eigenvalue weighted by molar-refractivity contribution is -0.130. The van der Waals surface area contributed by atoms with Crippen molar-refractivity contribution in [2.75, 3.05) is 31.1 Å². The summed E-state index contributed by atoms with van der Waals surface area (Å²) < 4.78 is 1.58. The van der Waals surface area contributed by atoms with Gasteiger partial charge < -0.3 is 9.80 Å². The molecule has 1 aliphatic rings. The zero-order valence-electron chi connectivity index (χ0n) is 14.1. The summed E-state index contributed by atoms with van der Waals surface area (Å²) in [7, 11) is 0. The summed E-state index contributed by atoms with van der Waals surface area (Å²) in [6, 6.07) is 1.53. The molecule has 24 heavy (non-hydrogen) atoms. The molecule has 130 valence electrons. The minimum Gasteiger partial charge on any atom is -0.345 e. The van der Waals surface area contributed by atoms with Crippen LogP contribution in [0.3, 0.4) is 0 Å². The van der Waals surface area contributed by atoms with Crippen LogP contribution in [0.4, 0.5) is 5.13 Å². The predicted molar refractivity (Wildman–Crippen MR) is 94.5 cm³/mol. The molecule has 1 amide bonds. The van der Waals surface area contributed by atoms with E-state index in [2.05, 4.69) is 28.8 Å². The Morgan fingerprint density at radius 2 is 2.08 bits per heavy atom. The number of thiazole rings is 1. The van der Waals surface area contributed by atoms with E-state index in [4.69, 9.17) is 0 Å². The van der Waals surface area contributed by atoms with Gasteiger partial charge in [0, 0.05) is 56.1 Å². The first kappa shape index (κ1) is 16.8. The standard InChI is InChI=1S/C16H23N5O2S/c1-12(2)11-21-15(23)10-13(18-21)9-14(22)19-4-6-20(7-5-19)16-17-3-8-24-16/h3,8,10,12,18H,4-7,9,11H2,1-2H3. The number of hydrogen-bond acceptors (Lipinski definition) is 5. The van der Waals surface area contributed by atoms with Crippen molar-refractivity contribution in [1.82, 2.24) is 19.7 Å². The van der Waals surface area contributed by atoms with Crippen LogP contribution < -0.4 is 10.5 Å². The molecule has 0 aliphatic carbocycles. The number of hydrogen-bond donors (Lipinski definition) is 1. The Balaban J connectivity index is 1.55. The van der Waals surface area contributed by atoms with E-state index in [1.54, 1.807) is 22.2 Å². The Labute approximate surface area is 144 Å². The lowest BCUT2D eigenvalue weighted by Gasteiger charge is -2.34. The number of aromatic nitrogens is 3. The molecule has 0 aromatic carbocycles. The van der Waals surface area contributed by atoms with E-state index in [1.165, 1.54) is 6.07 Å². The fourth-order valence-corrected chi connectivity index (χ4v) is 3.57. The van der Waals surface area contributed by atoms with Gasteiger partial charge in [0.05, 0.1) is 6.42 Å². The van der Waals surface area contributed by atoms with Gasteiger partial charge >= 0.3 is 0 Å². The summed E-state index contributed by atoms with van der Waals surface area (Å²) in [5, 5.41) is 6.03. The van der Waals surface area contributed by atoms with Crippen LogP contribution in [0.25, 0.3) is 0 Å². The smallest absolute Gasteiger partial charge is 0.266 e. The van der Waals surface area contributed by atoms with Crippen molar-refractivity contribution < 1.29 is 4.79 Å². The average Bonchev–Trinajstić information content (AvgIpc) is 3.18. The zero-order valence-corrected chi connectivity index (χ0v) is 14.9. The normalized spacial score (nSPS) is 15.3. The first-order chi connectivity index (χ1) is 11.5. The van der Waals surface area contributed by atoms with Crippen molar-refractivity contribution in [3.05, 3.63) is 33.7 Å². The van der Waals surface area contributed by atoms with Crippen LogP contribution in [0, 0.1) is 5.92 Å². The zero-order chi connectivity index (χ0) is 17.1. The van der Waals surface area contributed by atoms with Crippen LogP contribution in [0.5, 0.6) is 0 Å². The van der Waals surface area contributed by atoms with Crippen molar-refractivity contribution in [1.29, 1.82) is 0 Å². The first-order valence-corrected chi connectivity index (χ1v) is 9.12. The minimum absolute atomic E-state index is 0.0618. The number of carbonyl (C=O) groups is 1. The summed E-state index contributed by atoms with van der Waals surface area (Å²) >= 11 is 1.62. The second-order valence-corrected chi connectivity index (χ2v) is 7.36. The van der Waals surface area contributed by atoms with Crippen molar-refractivity contribution in [3.8, 4) is 0 Å². The summed E-state index contributed by atoms with van der Waals surface area (Å²) in [6.45, 7) is 7.72. The molecule has 0 saturated carbocycles. The number of rotatable bonds is 5. The van der Waals surface area contributed by atoms with Gasteiger partial charge in [0.1, 0.15) is 0 Å². The number of piperazine rings is 1. The molecular formula is C16H23N5O2S. The molecule has 0 spiro atoms. The van der Waals surface area contributed by atoms with Crippen LogP contribution in [0.1, 0.15) is 19.5 Å². The predicted octanol–water partition coefficient (Wildman–Crippen LogP) is 1.18. The summed E-state index contributed by atoms with van der Waals surface area (Å²) in [5.74, 6) is 0.440. The Morgan fingerprint density at radius 1 is 1.33 bits per heavy atom. The summed E-state index contributed by atoms with van der Waals surface area (Å²) in [5.41, 5.74) is 0.619. The molecule has 1 saturated heterocycles. The summed E-state index contributed by atoms with van der Waals surface area (Å²) in [6.07, 6.45) is 2.05. The molecule has 0 bridgehead atoms. The third-order valence-corrected chi connectivity index (χ3v) is 4.89. The van der Waals surface area contributed by atoms with Crippen LogP contribution in [0.15, 0.2) is 22.4 Å². The van der Waals surface area contributed by atoms with Gasteiger partial charge in [-0.15, -0.1) is 11.3 Å². The molecule has 8 heteroatoms. The highest BCUT2D eigenvalue weighted by molar-refractivity contribution is 7.13. The highest BCUT2D eigenvalue weighted by atomic mass is 32.1. The van der Waals surface area contributed by atoms with Gasteiger partial charge in [0.15, 0.2) is 5.13 Å². The third-order valence-electron chi connectivity index (χ3n) is 4.05. The van der Waals surface area contributed by atoms with Crippen molar-refractivity contribution in [2.45, 2.75) is 26.8 Å². The van der Waals surface area contributed by atoms with Gasteiger partial charge in [-0.2, -0.15) is 0 Å². The molecule has 2 aromatic rings. The van der Waals surface area contributed by atoms with Crippen LogP contribution in [0.2, 0.25) is 0 Å². The van der Waals surface area contributed by atoms with Gasteiger partial charge in [-0.3, -0.25) is 19.4 Å². The number of amides is 1. The Bertz CT molecular complexity index is 726. The van der Waals surface area contributed by atoms with E-state index in [9.17, 15) is 9.59 Å². The molecule has 7 nitrogen and oxygen atoms in total. The fourth-order valence-electron chi connectivity index (χ4n) is 2.87. The molecular weight excluding hydrogens is 326 g/mol. The Hall–Kier alpha value is -2.09. The van der Waals surface area contributed by atoms with E-state index in [-0.39, 0.29) is 17.9 Å². The van der Waals surface area contributed by atoms with E-state index in [1.807, 2.05) is 10.3 Å². The molecule has 1 fully saturated rings. The van der Waals surface area contributed by atoms with E-state index >= 15 is 0 Å². The highest BCUT2D eigenvalue weighted by Gasteiger charge is 2.23. The summed E-state index contributed by atoms with van der Waals surface area (Å²) in [4.78, 5) is 32.7. The van der Waals surface area contributed by atoms with Gasteiger partial charge in [-0.05, 0) is 5.92 Å². The SMILES string of the molecule is CC(C)Cn1[nH]c(CC(=O)N2CCN(c3nccs3)CC2)cc1=O. The van der Waals surface area contributed by atoms with Crippen LogP contribution in [-0.4, -0.2) is 51.8 Å². The number of aromatic amines is 1. The van der Waals surface area contributed by atoms with Crippen molar-refractivity contribution in [2.24, 2.45) is 5.92 Å². The fraction of sp³-hybridized carbons (Fsp3) is 0.562. The van der Waals surface area contributed by atoms with E-state index in [0.717, 1.165) is 18.2 Å². The molecule has 0 radical (unpaired) electrons. The maximum absolute atomic E-state index is 12.5. The number of anilines is 1. The van der Waals surface area contributed by atoms with Gasteiger partial charge in [0.25, 0.3) is 5.56 Å². The number of H-pyrrole nitrogens is 1. The lowest BCUT2D eigenvalue weighted by atomic mass is 10.2. The van der Waals surface area contributed by atoms with Crippen molar-refractivity contribution in [3.63, 3.8) is 0 Å².